The Morgan fingerprint density at radius 1 is 0.952 bits per heavy atom. The molecule has 12 nitrogen and oxygen atoms in total. The van der Waals surface area contributed by atoms with Crippen molar-refractivity contribution in [3.63, 3.8) is 0 Å². The highest BCUT2D eigenvalue weighted by molar-refractivity contribution is 7.98. The summed E-state index contributed by atoms with van der Waals surface area (Å²) in [6.07, 6.45) is 3.80. The first-order chi connectivity index (χ1) is 19.9. The van der Waals surface area contributed by atoms with E-state index in [1.807, 2.05) is 20.1 Å². The second-order valence-electron chi connectivity index (χ2n) is 10.6. The predicted octanol–water partition coefficient (Wildman–Crippen LogP) is 1.96. The molecular weight excluding hydrogens is 564 g/mol. The molecule has 0 aliphatic heterocycles. The lowest BCUT2D eigenvalue weighted by atomic mass is 10.0. The van der Waals surface area contributed by atoms with Crippen LogP contribution in [0, 0.1) is 11.8 Å². The number of carboxylic acids is 1. The molecule has 0 heterocycles. The molecule has 236 valence electrons. The Morgan fingerprint density at radius 3 is 2.26 bits per heavy atom. The molecule has 0 radical (unpaired) electrons. The van der Waals surface area contributed by atoms with Crippen molar-refractivity contribution in [2.45, 2.75) is 71.5 Å². The van der Waals surface area contributed by atoms with Crippen LogP contribution in [0.25, 0.3) is 0 Å². The number of benzene rings is 1. The van der Waals surface area contributed by atoms with Gasteiger partial charge in [0.05, 0.1) is 6.61 Å². The van der Waals surface area contributed by atoms with Crippen LogP contribution in [0.4, 0.5) is 0 Å². The van der Waals surface area contributed by atoms with Crippen LogP contribution in [0.15, 0.2) is 24.3 Å². The van der Waals surface area contributed by atoms with E-state index in [-0.39, 0.29) is 29.8 Å². The van der Waals surface area contributed by atoms with Gasteiger partial charge >= 0.3 is 11.9 Å². The van der Waals surface area contributed by atoms with Crippen molar-refractivity contribution in [2.75, 3.05) is 31.8 Å². The molecule has 1 rings (SSSR count). The van der Waals surface area contributed by atoms with Crippen LogP contribution in [0.3, 0.4) is 0 Å². The highest BCUT2D eigenvalue weighted by atomic mass is 32.2. The second-order valence-corrected chi connectivity index (χ2v) is 11.6. The number of carbonyl (C=O) groups is 5. The van der Waals surface area contributed by atoms with Gasteiger partial charge in [-0.2, -0.15) is 11.8 Å². The van der Waals surface area contributed by atoms with Crippen molar-refractivity contribution >= 4 is 41.4 Å². The summed E-state index contributed by atoms with van der Waals surface area (Å²) >= 11 is 1.49. The maximum atomic E-state index is 13.4. The Bertz CT molecular complexity index is 1040. The van der Waals surface area contributed by atoms with Gasteiger partial charge in [0.1, 0.15) is 23.9 Å². The predicted molar refractivity (Wildman–Crippen MR) is 161 cm³/mol. The van der Waals surface area contributed by atoms with Crippen LogP contribution in [-0.4, -0.2) is 84.7 Å². The third-order valence-corrected chi connectivity index (χ3v) is 6.69. The molecule has 0 spiro atoms. The lowest BCUT2D eigenvalue weighted by Gasteiger charge is -2.27. The maximum Gasteiger partial charge on any atom is 0.341 e. The van der Waals surface area contributed by atoms with E-state index in [2.05, 4.69) is 16.0 Å². The number of ether oxygens (including phenoxy) is 2. The van der Waals surface area contributed by atoms with Gasteiger partial charge in [0.25, 0.3) is 5.91 Å². The number of nitrogens with one attached hydrogen (secondary N) is 3. The van der Waals surface area contributed by atoms with Gasteiger partial charge in [-0.15, -0.1) is 0 Å². The summed E-state index contributed by atoms with van der Waals surface area (Å²) in [6, 6.07) is 3.13. The average molecular weight is 611 g/mol. The van der Waals surface area contributed by atoms with E-state index in [9.17, 15) is 24.0 Å². The zero-order valence-corrected chi connectivity index (χ0v) is 26.0. The molecule has 0 fully saturated rings. The van der Waals surface area contributed by atoms with E-state index in [1.54, 1.807) is 19.9 Å². The average Bonchev–Trinajstić information content (AvgIpc) is 2.94. The van der Waals surface area contributed by atoms with Gasteiger partial charge in [-0.05, 0) is 74.3 Å². The van der Waals surface area contributed by atoms with Gasteiger partial charge < -0.3 is 36.3 Å². The van der Waals surface area contributed by atoms with E-state index in [1.165, 1.54) is 30.0 Å². The molecule has 0 aromatic heterocycles. The summed E-state index contributed by atoms with van der Waals surface area (Å²) in [5, 5.41) is 17.0. The van der Waals surface area contributed by atoms with E-state index in [0.29, 0.717) is 38.0 Å². The number of hydrogen-bond acceptors (Lipinski definition) is 9. The van der Waals surface area contributed by atoms with Gasteiger partial charge in [-0.25, -0.2) is 9.59 Å². The highest BCUT2D eigenvalue weighted by Crippen LogP contribution is 2.14. The fourth-order valence-corrected chi connectivity index (χ4v) is 4.23. The summed E-state index contributed by atoms with van der Waals surface area (Å²) in [4.78, 5) is 63.2. The van der Waals surface area contributed by atoms with Crippen LogP contribution in [-0.2, 0) is 23.9 Å². The normalized spacial score (nSPS) is 13.1. The summed E-state index contributed by atoms with van der Waals surface area (Å²) < 4.78 is 10.5. The smallest absolute Gasteiger partial charge is 0.341 e. The number of carboxylic acid groups (broad SMARTS) is 1. The van der Waals surface area contributed by atoms with Crippen molar-refractivity contribution < 1.29 is 38.6 Å². The number of thioether (sulfide) groups is 1. The molecule has 0 unspecified atom stereocenters. The molecule has 13 heteroatoms. The molecule has 6 N–H and O–H groups in total. The van der Waals surface area contributed by atoms with Crippen LogP contribution in [0.1, 0.15) is 63.7 Å². The minimum atomic E-state index is -1.16. The number of hydrogen-bond donors (Lipinski definition) is 5. The number of aliphatic carboxylic acids is 1. The SMILES string of the molecule is CSCC[C@H](NC(=O)c1cccc(OCC(=O)O)c1)C(=O)N[C@H](C(=O)N[C@@H](CCCCN)C(=O)OCC(C)C)C(C)C. The fraction of sp³-hybridized carbons (Fsp3) is 0.621. The standard InChI is InChI=1S/C29H46N4O8S/c1-18(2)16-41-29(39)23(11-6-7-13-30)32-28(38)25(19(3)4)33-27(37)22(12-14-42-5)31-26(36)20-9-8-10-21(15-20)40-17-24(34)35/h8-10,15,18-19,22-23,25H,6-7,11-14,16-17,30H2,1-5H3,(H,31,36)(H,32,38)(H,33,37)(H,34,35)/t22-,23-,25-/m0/s1. The molecule has 0 aliphatic rings. The van der Waals surface area contributed by atoms with Gasteiger partial charge in [-0.3, -0.25) is 14.4 Å². The number of rotatable bonds is 20. The topological polar surface area (TPSA) is 186 Å². The minimum absolute atomic E-state index is 0.130. The minimum Gasteiger partial charge on any atom is -0.482 e. The summed E-state index contributed by atoms with van der Waals surface area (Å²) in [5.41, 5.74) is 5.77. The van der Waals surface area contributed by atoms with Gasteiger partial charge in [0, 0.05) is 5.56 Å². The van der Waals surface area contributed by atoms with E-state index < -0.39 is 54.4 Å². The summed E-state index contributed by atoms with van der Waals surface area (Å²) in [5.74, 6) is -2.78. The number of amides is 3. The van der Waals surface area contributed by atoms with Crippen LogP contribution in [0.5, 0.6) is 5.75 Å². The third-order valence-electron chi connectivity index (χ3n) is 6.04. The Hall–Kier alpha value is -3.32. The molecule has 0 aliphatic carbocycles. The van der Waals surface area contributed by atoms with E-state index in [0.717, 1.165) is 0 Å². The largest absolute Gasteiger partial charge is 0.482 e. The van der Waals surface area contributed by atoms with Crippen LogP contribution < -0.4 is 26.4 Å². The number of unbranched alkanes of at least 4 members (excludes halogenated alkanes) is 1. The Morgan fingerprint density at radius 2 is 1.67 bits per heavy atom. The number of esters is 1. The Kier molecular flexibility index (Phi) is 17.2. The third kappa shape index (κ3) is 14.0. The van der Waals surface area contributed by atoms with Gasteiger partial charge in [-0.1, -0.05) is 33.8 Å². The molecule has 0 saturated heterocycles. The molecule has 3 amide bonds. The van der Waals surface area contributed by atoms with Crippen LogP contribution in [0.2, 0.25) is 0 Å². The van der Waals surface area contributed by atoms with Gasteiger partial charge in [0.2, 0.25) is 11.8 Å². The molecule has 1 aromatic carbocycles. The first kappa shape index (κ1) is 36.7. The van der Waals surface area contributed by atoms with Crippen LogP contribution >= 0.6 is 11.8 Å². The van der Waals surface area contributed by atoms with Crippen molar-refractivity contribution in [3.8, 4) is 5.75 Å². The quantitative estimate of drug-likeness (QED) is 0.108. The van der Waals surface area contributed by atoms with Crippen molar-refractivity contribution in [1.82, 2.24) is 16.0 Å². The maximum absolute atomic E-state index is 13.4. The van der Waals surface area contributed by atoms with E-state index >= 15 is 0 Å². The zero-order chi connectivity index (χ0) is 31.7. The summed E-state index contributed by atoms with van der Waals surface area (Å²) in [6.45, 7) is 7.47. The number of carbonyl (C=O) groups excluding carboxylic acids is 4. The Labute approximate surface area is 252 Å². The van der Waals surface area contributed by atoms with E-state index in [4.69, 9.17) is 20.3 Å². The van der Waals surface area contributed by atoms with Crippen molar-refractivity contribution in [1.29, 1.82) is 0 Å². The molecule has 0 bridgehead atoms. The lowest BCUT2D eigenvalue weighted by Crippen LogP contribution is -2.57. The lowest BCUT2D eigenvalue weighted by molar-refractivity contribution is -0.149. The monoisotopic (exact) mass is 610 g/mol. The first-order valence-electron chi connectivity index (χ1n) is 14.1. The molecule has 3 atom stereocenters. The molecule has 42 heavy (non-hydrogen) atoms. The molecule has 0 saturated carbocycles. The molecular formula is C29H46N4O8S. The molecule has 1 aromatic rings. The summed E-state index contributed by atoms with van der Waals surface area (Å²) in [7, 11) is 0. The van der Waals surface area contributed by atoms with Crippen molar-refractivity contribution in [3.05, 3.63) is 29.8 Å². The zero-order valence-electron chi connectivity index (χ0n) is 25.1. The fourth-order valence-electron chi connectivity index (χ4n) is 3.76. The first-order valence-corrected chi connectivity index (χ1v) is 15.5. The Balaban J connectivity index is 3.03. The number of nitrogens with two attached hydrogens (primary N) is 1. The van der Waals surface area contributed by atoms with Crippen molar-refractivity contribution in [2.24, 2.45) is 17.6 Å². The highest BCUT2D eigenvalue weighted by Gasteiger charge is 2.32. The van der Waals surface area contributed by atoms with Gasteiger partial charge in [0.15, 0.2) is 6.61 Å². The second kappa shape index (κ2) is 19.7.